The van der Waals surface area contributed by atoms with Gasteiger partial charge in [-0.1, -0.05) is 0 Å². The molecule has 0 nitrogen and oxygen atoms in total. The van der Waals surface area contributed by atoms with E-state index < -0.39 is 0 Å². The molecule has 0 aliphatic heterocycles. The van der Waals surface area contributed by atoms with Crippen molar-refractivity contribution in [3.63, 3.8) is 0 Å². The molecule has 1 unspecified atom stereocenters. The van der Waals surface area contributed by atoms with E-state index in [1.165, 1.54) is 25.8 Å². The van der Waals surface area contributed by atoms with Crippen LogP contribution >= 0.6 is 41.2 Å². The second-order valence-electron chi connectivity index (χ2n) is 4.31. The Labute approximate surface area is 135 Å². The molecule has 17 heavy (non-hydrogen) atoms. The molecule has 1 atom stereocenters. The van der Waals surface area contributed by atoms with Crippen molar-refractivity contribution in [3.8, 4) is 11.1 Å². The third-order valence-electron chi connectivity index (χ3n) is 3.29. The van der Waals surface area contributed by atoms with Crippen LogP contribution in [0.4, 0.5) is 0 Å². The van der Waals surface area contributed by atoms with E-state index in [-0.39, 0.29) is 20.7 Å². The first kappa shape index (κ1) is 12.7. The van der Waals surface area contributed by atoms with Gasteiger partial charge in [-0.25, -0.2) is 0 Å². The fourth-order valence-corrected chi connectivity index (χ4v) is 5.85. The van der Waals surface area contributed by atoms with Crippen LogP contribution in [0.2, 0.25) is 0 Å². The van der Waals surface area contributed by atoms with Crippen LogP contribution < -0.4 is 17.2 Å². The van der Waals surface area contributed by atoms with Gasteiger partial charge in [-0.05, 0) is 0 Å². The van der Waals surface area contributed by atoms with Crippen molar-refractivity contribution in [1.82, 2.24) is 0 Å². The molecule has 2 aromatic carbocycles. The molecule has 0 fully saturated rings. The summed E-state index contributed by atoms with van der Waals surface area (Å²) in [7, 11) is 0. The van der Waals surface area contributed by atoms with Gasteiger partial charge in [0.15, 0.2) is 0 Å². The summed E-state index contributed by atoms with van der Waals surface area (Å²) < 4.78 is 1.65. The van der Waals surface area contributed by atoms with Crippen molar-refractivity contribution >= 4 is 41.2 Å². The quantitative estimate of drug-likeness (QED) is 0.371. The first-order chi connectivity index (χ1) is 8.14. The topological polar surface area (TPSA) is 0 Å². The van der Waals surface area contributed by atoms with Crippen molar-refractivity contribution in [2.45, 2.75) is 10.3 Å². The number of hydrogen-bond donors (Lipinski definition) is 0. The van der Waals surface area contributed by atoms with Crippen molar-refractivity contribution < 1.29 is 17.2 Å². The van der Waals surface area contributed by atoms with Gasteiger partial charge in [0, 0.05) is 0 Å². The molecule has 0 heterocycles. The number of alkyl halides is 1. The number of benzene rings is 2. The van der Waals surface area contributed by atoms with E-state index in [4.69, 9.17) is 0 Å². The molecule has 0 amide bonds. The summed E-state index contributed by atoms with van der Waals surface area (Å²) >= 11 is 5.26. The molecule has 0 aromatic heterocycles. The minimum absolute atomic E-state index is 0.131. The Morgan fingerprint density at radius 3 is 2.47 bits per heavy atom. The SMILES string of the molecule is CC1(I)c2ccccc2-c2cc([I-]I)ccc21. The maximum absolute atomic E-state index is 2.58. The summed E-state index contributed by atoms with van der Waals surface area (Å²) in [5.41, 5.74) is 5.80. The van der Waals surface area contributed by atoms with Gasteiger partial charge in [-0.2, -0.15) is 0 Å². The Morgan fingerprint density at radius 2 is 1.71 bits per heavy atom. The number of rotatable bonds is 1. The van der Waals surface area contributed by atoms with Crippen molar-refractivity contribution in [2.24, 2.45) is 0 Å². The maximum atomic E-state index is 2.58. The summed E-state index contributed by atoms with van der Waals surface area (Å²) in [6.45, 7) is 2.32. The fraction of sp³-hybridized carbons (Fsp3) is 0.143. The monoisotopic (exact) mass is 559 g/mol. The number of fused-ring (bicyclic) bond motifs is 3. The Balaban J connectivity index is 2.33. The average molecular weight is 559 g/mol. The van der Waals surface area contributed by atoms with Gasteiger partial charge in [0.1, 0.15) is 0 Å². The minimum atomic E-state index is 0.131. The summed E-state index contributed by atoms with van der Waals surface area (Å²) in [5.74, 6) is 0. The van der Waals surface area contributed by atoms with E-state index in [0.29, 0.717) is 0 Å². The molecule has 3 heteroatoms. The van der Waals surface area contributed by atoms with Crippen molar-refractivity contribution in [1.29, 1.82) is 0 Å². The number of halogens is 3. The second-order valence-corrected chi connectivity index (χ2v) is 10.9. The van der Waals surface area contributed by atoms with Crippen LogP contribution in [0.1, 0.15) is 18.1 Å². The molecule has 2 aromatic rings. The molecular formula is C14H10I3-. The Kier molecular flexibility index (Phi) is 3.44. The average Bonchev–Trinajstić information content (AvgIpc) is 2.59. The normalized spacial score (nSPS) is 21.4. The third-order valence-corrected chi connectivity index (χ3v) is 8.76. The van der Waals surface area contributed by atoms with Crippen LogP contribution in [0.25, 0.3) is 11.1 Å². The van der Waals surface area contributed by atoms with Gasteiger partial charge in [-0.3, -0.25) is 0 Å². The Hall–Kier alpha value is 0.630. The van der Waals surface area contributed by atoms with Gasteiger partial charge in [0.25, 0.3) is 0 Å². The molecule has 3 rings (SSSR count). The van der Waals surface area contributed by atoms with Gasteiger partial charge < -0.3 is 0 Å². The molecule has 1 aliphatic carbocycles. The first-order valence-electron chi connectivity index (χ1n) is 5.34. The van der Waals surface area contributed by atoms with Crippen LogP contribution in [-0.2, 0) is 3.42 Å². The molecule has 88 valence electrons. The van der Waals surface area contributed by atoms with Crippen LogP contribution in [0.3, 0.4) is 0 Å². The fourth-order valence-electron chi connectivity index (χ4n) is 2.47. The van der Waals surface area contributed by atoms with E-state index in [1.807, 2.05) is 0 Å². The Bertz CT molecular complexity index is 588. The molecule has 0 N–H and O–H groups in total. The van der Waals surface area contributed by atoms with Gasteiger partial charge in [-0.15, -0.1) is 0 Å². The molecular weight excluding hydrogens is 549 g/mol. The van der Waals surface area contributed by atoms with Gasteiger partial charge >= 0.3 is 137 Å². The van der Waals surface area contributed by atoms with Crippen LogP contribution in [0, 0.1) is 3.57 Å². The Morgan fingerprint density at radius 1 is 1.00 bits per heavy atom. The summed E-state index contributed by atoms with van der Waals surface area (Å²) in [5, 5.41) is 0. The van der Waals surface area contributed by atoms with Crippen LogP contribution in [0.15, 0.2) is 42.5 Å². The van der Waals surface area contributed by atoms with Gasteiger partial charge in [0.2, 0.25) is 0 Å². The van der Waals surface area contributed by atoms with E-state index in [2.05, 4.69) is 90.6 Å². The predicted molar refractivity (Wildman–Crippen MR) is 85.1 cm³/mol. The molecule has 0 saturated carbocycles. The summed E-state index contributed by atoms with van der Waals surface area (Å²) in [6.07, 6.45) is 0. The zero-order chi connectivity index (χ0) is 12.0. The van der Waals surface area contributed by atoms with E-state index >= 15 is 0 Å². The standard InChI is InChI=1S/C14H10I3/c1-14(15)12-5-3-2-4-10(12)11-8-9(17-16)6-7-13(11)14/h2-8H,1H3/q-1. The molecule has 1 aliphatic rings. The van der Waals surface area contributed by atoms with Crippen molar-refractivity contribution in [3.05, 3.63) is 57.2 Å². The predicted octanol–water partition coefficient (Wildman–Crippen LogP) is 1.97. The number of hydrogen-bond acceptors (Lipinski definition) is 0. The summed E-state index contributed by atoms with van der Waals surface area (Å²) in [6, 6.07) is 15.8. The van der Waals surface area contributed by atoms with Gasteiger partial charge in [0.05, 0.1) is 0 Å². The third kappa shape index (κ3) is 1.96. The second kappa shape index (κ2) is 4.63. The van der Waals surface area contributed by atoms with E-state index in [0.717, 1.165) is 0 Å². The first-order valence-corrected chi connectivity index (χ1v) is 13.8. The molecule has 0 saturated heterocycles. The zero-order valence-corrected chi connectivity index (χ0v) is 15.6. The van der Waals surface area contributed by atoms with E-state index in [9.17, 15) is 0 Å². The molecule has 0 radical (unpaired) electrons. The van der Waals surface area contributed by atoms with Crippen LogP contribution in [-0.4, -0.2) is 0 Å². The summed E-state index contributed by atoms with van der Waals surface area (Å²) in [4.78, 5) is 0. The molecule has 0 spiro atoms. The van der Waals surface area contributed by atoms with Crippen molar-refractivity contribution in [2.75, 3.05) is 0 Å². The van der Waals surface area contributed by atoms with Crippen LogP contribution in [0.5, 0.6) is 0 Å². The van der Waals surface area contributed by atoms with E-state index in [1.54, 1.807) is 0 Å². The molecule has 0 bridgehead atoms. The zero-order valence-electron chi connectivity index (χ0n) is 9.18.